The molecule has 0 spiro atoms. The molecule has 2 amide bonds. The number of ether oxygens (including phenoxy) is 1. The van der Waals surface area contributed by atoms with Crippen LogP contribution in [0.3, 0.4) is 0 Å². The Kier molecular flexibility index (Phi) is 7.45. The highest BCUT2D eigenvalue weighted by Gasteiger charge is 2.11. The van der Waals surface area contributed by atoms with E-state index in [9.17, 15) is 9.59 Å². The molecule has 7 heteroatoms. The van der Waals surface area contributed by atoms with Crippen molar-refractivity contribution in [2.24, 2.45) is 0 Å². The summed E-state index contributed by atoms with van der Waals surface area (Å²) in [4.78, 5) is 28.9. The van der Waals surface area contributed by atoms with Crippen LogP contribution in [0, 0.1) is 0 Å². The average Bonchev–Trinajstić information content (AvgIpc) is 3.29. The van der Waals surface area contributed by atoms with Gasteiger partial charge in [-0.05, 0) is 17.2 Å². The number of hydrogen-bond donors (Lipinski definition) is 2. The number of rotatable bonds is 8. The normalized spacial score (nSPS) is 10.4. The maximum Gasteiger partial charge on any atom is 0.276 e. The van der Waals surface area contributed by atoms with Crippen LogP contribution in [0.15, 0.2) is 90.3 Å². The van der Waals surface area contributed by atoms with Gasteiger partial charge < -0.3 is 4.74 Å². The number of hydrogen-bond acceptors (Lipinski definition) is 5. The van der Waals surface area contributed by atoms with Gasteiger partial charge in [0.15, 0.2) is 6.61 Å². The minimum atomic E-state index is -0.450. The third-order valence-electron chi connectivity index (χ3n) is 4.81. The number of nitrogens with zero attached hydrogens (tertiary/aromatic N) is 1. The van der Waals surface area contributed by atoms with Crippen molar-refractivity contribution in [1.29, 1.82) is 0 Å². The van der Waals surface area contributed by atoms with E-state index in [2.05, 4.69) is 15.8 Å². The number of thiazole rings is 1. The van der Waals surface area contributed by atoms with Crippen LogP contribution in [0.1, 0.15) is 16.3 Å². The van der Waals surface area contributed by atoms with Gasteiger partial charge in [-0.2, -0.15) is 0 Å². The van der Waals surface area contributed by atoms with Gasteiger partial charge in [-0.1, -0.05) is 78.9 Å². The Balaban J connectivity index is 1.23. The van der Waals surface area contributed by atoms with Gasteiger partial charge in [-0.15, -0.1) is 11.3 Å². The fourth-order valence-corrected chi connectivity index (χ4v) is 4.09. The molecule has 0 radical (unpaired) electrons. The summed E-state index contributed by atoms with van der Waals surface area (Å²) in [7, 11) is 0. The van der Waals surface area contributed by atoms with Gasteiger partial charge in [0.1, 0.15) is 5.75 Å². The van der Waals surface area contributed by atoms with Crippen molar-refractivity contribution in [3.8, 4) is 16.9 Å². The lowest BCUT2D eigenvalue weighted by Crippen LogP contribution is -2.44. The molecule has 0 atom stereocenters. The Labute approximate surface area is 196 Å². The molecule has 0 aliphatic heterocycles. The van der Waals surface area contributed by atoms with Crippen molar-refractivity contribution < 1.29 is 14.3 Å². The fourth-order valence-electron chi connectivity index (χ4n) is 3.26. The zero-order chi connectivity index (χ0) is 22.9. The number of aromatic nitrogens is 1. The monoisotopic (exact) mass is 457 g/mol. The predicted octanol–water partition coefficient (Wildman–Crippen LogP) is 4.17. The lowest BCUT2D eigenvalue weighted by Gasteiger charge is -2.12. The van der Waals surface area contributed by atoms with Gasteiger partial charge in [-0.3, -0.25) is 20.4 Å². The molecule has 1 aromatic heterocycles. The molecule has 166 valence electrons. The number of hydrazine groups is 1. The quantitative estimate of drug-likeness (QED) is 0.389. The number of amides is 2. The molecule has 4 aromatic rings. The Morgan fingerprint density at radius 3 is 2.27 bits per heavy atom. The third-order valence-corrected chi connectivity index (χ3v) is 5.71. The van der Waals surface area contributed by atoms with Crippen molar-refractivity contribution in [2.45, 2.75) is 12.8 Å². The van der Waals surface area contributed by atoms with E-state index in [-0.39, 0.29) is 18.9 Å². The highest BCUT2D eigenvalue weighted by atomic mass is 32.1. The number of carbonyl (C=O) groups is 2. The zero-order valence-electron chi connectivity index (χ0n) is 17.9. The van der Waals surface area contributed by atoms with Crippen LogP contribution in [-0.4, -0.2) is 23.4 Å². The molecule has 0 bridgehead atoms. The summed E-state index contributed by atoms with van der Waals surface area (Å²) < 4.78 is 5.69. The van der Waals surface area contributed by atoms with Crippen molar-refractivity contribution in [3.63, 3.8) is 0 Å². The van der Waals surface area contributed by atoms with E-state index < -0.39 is 5.91 Å². The maximum atomic E-state index is 12.2. The summed E-state index contributed by atoms with van der Waals surface area (Å²) in [5.41, 5.74) is 8.54. The molecule has 33 heavy (non-hydrogen) atoms. The average molecular weight is 458 g/mol. The van der Waals surface area contributed by atoms with E-state index in [0.717, 1.165) is 22.6 Å². The minimum Gasteiger partial charge on any atom is -0.483 e. The van der Waals surface area contributed by atoms with Gasteiger partial charge in [0.2, 0.25) is 5.91 Å². The molecule has 1 heterocycles. The first-order valence-electron chi connectivity index (χ1n) is 10.5. The van der Waals surface area contributed by atoms with Crippen molar-refractivity contribution >= 4 is 23.2 Å². The SMILES string of the molecule is O=C(COc1ccccc1-c1ccccc1)NNC(=O)Cc1csc(Cc2ccccc2)n1. The van der Waals surface area contributed by atoms with Crippen LogP contribution in [-0.2, 0) is 22.4 Å². The van der Waals surface area contributed by atoms with E-state index in [0.29, 0.717) is 11.4 Å². The molecule has 2 N–H and O–H groups in total. The molecule has 0 saturated carbocycles. The van der Waals surface area contributed by atoms with Gasteiger partial charge in [-0.25, -0.2) is 4.98 Å². The largest absolute Gasteiger partial charge is 0.483 e. The first kappa shape index (κ1) is 22.2. The predicted molar refractivity (Wildman–Crippen MR) is 129 cm³/mol. The van der Waals surface area contributed by atoms with Gasteiger partial charge in [0, 0.05) is 17.4 Å². The number of carbonyl (C=O) groups excluding carboxylic acids is 2. The Hall–Kier alpha value is -3.97. The van der Waals surface area contributed by atoms with Crippen LogP contribution in [0.25, 0.3) is 11.1 Å². The summed E-state index contributed by atoms with van der Waals surface area (Å²) in [5.74, 6) is -0.197. The molecule has 0 aliphatic rings. The van der Waals surface area contributed by atoms with Crippen molar-refractivity contribution in [1.82, 2.24) is 15.8 Å². The molecule has 4 rings (SSSR count). The van der Waals surface area contributed by atoms with E-state index in [1.54, 1.807) is 0 Å². The third kappa shape index (κ3) is 6.51. The minimum absolute atomic E-state index is 0.0866. The second kappa shape index (κ2) is 11.1. The molecule has 6 nitrogen and oxygen atoms in total. The molecule has 0 saturated heterocycles. The summed E-state index contributed by atoms with van der Waals surface area (Å²) in [6, 6.07) is 27.3. The van der Waals surface area contributed by atoms with Crippen LogP contribution in [0.4, 0.5) is 0 Å². The molecule has 0 unspecified atom stereocenters. The van der Waals surface area contributed by atoms with Gasteiger partial charge in [0.05, 0.1) is 17.1 Å². The van der Waals surface area contributed by atoms with Gasteiger partial charge in [0.25, 0.3) is 5.91 Å². The fraction of sp³-hybridized carbons (Fsp3) is 0.115. The molecular weight excluding hydrogens is 434 g/mol. The first-order valence-corrected chi connectivity index (χ1v) is 11.4. The van der Waals surface area contributed by atoms with Crippen LogP contribution in [0.2, 0.25) is 0 Å². The molecular formula is C26H23N3O3S. The molecule has 3 aromatic carbocycles. The molecule has 0 fully saturated rings. The summed E-state index contributed by atoms with van der Waals surface area (Å²) in [5, 5.41) is 2.81. The smallest absolute Gasteiger partial charge is 0.276 e. The number of benzene rings is 3. The maximum absolute atomic E-state index is 12.2. The van der Waals surface area contributed by atoms with Crippen LogP contribution < -0.4 is 15.6 Å². The standard InChI is InChI=1S/C26H23N3O3S/c30-24(16-21-18-33-26(27-21)15-19-9-3-1-4-10-19)28-29-25(31)17-32-23-14-8-7-13-22(23)20-11-5-2-6-12-20/h1-14,18H,15-17H2,(H,28,30)(H,29,31). The lowest BCUT2D eigenvalue weighted by atomic mass is 10.1. The Bertz CT molecular complexity index is 1210. The zero-order valence-corrected chi connectivity index (χ0v) is 18.7. The first-order chi connectivity index (χ1) is 16.2. The number of para-hydroxylation sites is 1. The topological polar surface area (TPSA) is 80.3 Å². The highest BCUT2D eigenvalue weighted by Crippen LogP contribution is 2.29. The second-order valence-corrected chi connectivity index (χ2v) is 8.26. The Morgan fingerprint density at radius 2 is 1.48 bits per heavy atom. The van der Waals surface area contributed by atoms with E-state index >= 15 is 0 Å². The van der Waals surface area contributed by atoms with Crippen LogP contribution >= 0.6 is 11.3 Å². The van der Waals surface area contributed by atoms with Gasteiger partial charge >= 0.3 is 0 Å². The van der Waals surface area contributed by atoms with E-state index in [4.69, 9.17) is 4.74 Å². The van der Waals surface area contributed by atoms with Crippen molar-refractivity contribution in [2.75, 3.05) is 6.61 Å². The summed E-state index contributed by atoms with van der Waals surface area (Å²) >= 11 is 1.52. The van der Waals surface area contributed by atoms with Crippen LogP contribution in [0.5, 0.6) is 5.75 Å². The highest BCUT2D eigenvalue weighted by molar-refractivity contribution is 7.09. The van der Waals surface area contributed by atoms with Crippen molar-refractivity contribution in [3.05, 3.63) is 107 Å². The summed E-state index contributed by atoms with van der Waals surface area (Å²) in [6.45, 7) is -0.220. The second-order valence-electron chi connectivity index (χ2n) is 7.32. The summed E-state index contributed by atoms with van der Waals surface area (Å²) in [6.07, 6.45) is 0.814. The molecule has 0 aliphatic carbocycles. The van der Waals surface area contributed by atoms with E-state index in [1.165, 1.54) is 16.9 Å². The Morgan fingerprint density at radius 1 is 0.818 bits per heavy atom. The number of nitrogens with one attached hydrogen (secondary N) is 2. The van der Waals surface area contributed by atoms with E-state index in [1.807, 2.05) is 90.3 Å². The lowest BCUT2D eigenvalue weighted by molar-refractivity contribution is -0.129.